The maximum Gasteiger partial charge on any atom is 0.227 e. The Morgan fingerprint density at radius 3 is 2.88 bits per heavy atom. The summed E-state index contributed by atoms with van der Waals surface area (Å²) in [6.45, 7) is 4.37. The number of aliphatic hydroxyl groups is 1. The molecule has 4 nitrogen and oxygen atoms in total. The zero-order chi connectivity index (χ0) is 11.5. The third-order valence-corrected chi connectivity index (χ3v) is 3.80. The van der Waals surface area contributed by atoms with Crippen LogP contribution in [0, 0.1) is 5.92 Å². The highest BCUT2D eigenvalue weighted by Crippen LogP contribution is 2.23. The van der Waals surface area contributed by atoms with Gasteiger partial charge in [-0.2, -0.15) is 0 Å². The van der Waals surface area contributed by atoms with Gasteiger partial charge in [-0.1, -0.05) is 0 Å². The normalized spacial score (nSPS) is 32.8. The van der Waals surface area contributed by atoms with E-state index in [1.54, 1.807) is 6.92 Å². The van der Waals surface area contributed by atoms with Crippen molar-refractivity contribution in [2.75, 3.05) is 19.6 Å². The second kappa shape index (κ2) is 5.15. The number of aliphatic hydroxyl groups excluding tert-OH is 1. The fraction of sp³-hybridized carbons (Fsp3) is 0.917. The molecule has 0 aromatic heterocycles. The van der Waals surface area contributed by atoms with Crippen molar-refractivity contribution in [2.45, 2.75) is 44.8 Å². The summed E-state index contributed by atoms with van der Waals surface area (Å²) >= 11 is 0. The first-order valence-corrected chi connectivity index (χ1v) is 6.39. The van der Waals surface area contributed by atoms with E-state index in [-0.39, 0.29) is 17.9 Å². The van der Waals surface area contributed by atoms with Crippen molar-refractivity contribution in [1.82, 2.24) is 10.2 Å². The highest BCUT2D eigenvalue weighted by atomic mass is 16.3. The lowest BCUT2D eigenvalue weighted by Crippen LogP contribution is -2.51. The Kier molecular flexibility index (Phi) is 3.82. The molecular weight excluding hydrogens is 204 g/mol. The molecule has 2 fully saturated rings. The average molecular weight is 226 g/mol. The van der Waals surface area contributed by atoms with E-state index in [2.05, 4.69) is 5.32 Å². The number of carbonyl (C=O) groups is 1. The summed E-state index contributed by atoms with van der Waals surface area (Å²) in [5.74, 6) is 0.384. The largest absolute Gasteiger partial charge is 0.391 e. The van der Waals surface area contributed by atoms with Crippen molar-refractivity contribution in [3.63, 3.8) is 0 Å². The Morgan fingerprint density at radius 1 is 1.44 bits per heavy atom. The van der Waals surface area contributed by atoms with E-state index >= 15 is 0 Å². The molecule has 2 rings (SSSR count). The minimum Gasteiger partial charge on any atom is -0.391 e. The van der Waals surface area contributed by atoms with Gasteiger partial charge in [0, 0.05) is 13.1 Å². The van der Waals surface area contributed by atoms with Crippen molar-refractivity contribution in [2.24, 2.45) is 5.92 Å². The number of piperidine rings is 1. The number of hydrogen-bond acceptors (Lipinski definition) is 3. The van der Waals surface area contributed by atoms with E-state index in [4.69, 9.17) is 0 Å². The van der Waals surface area contributed by atoms with Gasteiger partial charge in [-0.25, -0.2) is 0 Å². The van der Waals surface area contributed by atoms with Gasteiger partial charge in [-0.3, -0.25) is 4.79 Å². The highest BCUT2D eigenvalue weighted by molar-refractivity contribution is 5.80. The Morgan fingerprint density at radius 2 is 2.25 bits per heavy atom. The van der Waals surface area contributed by atoms with Crippen LogP contribution in [0.4, 0.5) is 0 Å². The van der Waals surface area contributed by atoms with Gasteiger partial charge in [0.15, 0.2) is 0 Å². The van der Waals surface area contributed by atoms with Crippen LogP contribution in [0.3, 0.4) is 0 Å². The van der Waals surface area contributed by atoms with Crippen molar-refractivity contribution in [3.05, 3.63) is 0 Å². The number of nitrogens with one attached hydrogen (secondary N) is 1. The highest BCUT2D eigenvalue weighted by Gasteiger charge is 2.34. The second-order valence-electron chi connectivity index (χ2n) is 5.03. The summed E-state index contributed by atoms with van der Waals surface area (Å²) in [4.78, 5) is 14.2. The molecule has 0 spiro atoms. The van der Waals surface area contributed by atoms with Crippen molar-refractivity contribution in [3.8, 4) is 0 Å². The summed E-state index contributed by atoms with van der Waals surface area (Å²) in [7, 11) is 0. The second-order valence-corrected chi connectivity index (χ2v) is 5.03. The van der Waals surface area contributed by atoms with Crippen molar-refractivity contribution >= 4 is 5.91 Å². The molecule has 0 unspecified atom stereocenters. The molecule has 0 aliphatic carbocycles. The predicted octanol–water partition coefficient (Wildman–Crippen LogP) is 0.358. The zero-order valence-corrected chi connectivity index (χ0v) is 9.98. The summed E-state index contributed by atoms with van der Waals surface area (Å²) in [5, 5.41) is 13.0. The van der Waals surface area contributed by atoms with Gasteiger partial charge in [0.05, 0.1) is 18.1 Å². The lowest BCUT2D eigenvalue weighted by Gasteiger charge is -2.38. The van der Waals surface area contributed by atoms with Crippen LogP contribution in [0.2, 0.25) is 0 Å². The topological polar surface area (TPSA) is 52.6 Å². The molecule has 1 amide bonds. The zero-order valence-electron chi connectivity index (χ0n) is 9.98. The van der Waals surface area contributed by atoms with E-state index in [1.807, 2.05) is 4.90 Å². The molecule has 2 N–H and O–H groups in total. The summed E-state index contributed by atoms with van der Waals surface area (Å²) < 4.78 is 0. The van der Waals surface area contributed by atoms with Crippen LogP contribution in [0.1, 0.15) is 32.6 Å². The van der Waals surface area contributed by atoms with Gasteiger partial charge < -0.3 is 15.3 Å². The Bertz CT molecular complexity index is 249. The molecule has 4 heteroatoms. The van der Waals surface area contributed by atoms with Gasteiger partial charge in [-0.15, -0.1) is 0 Å². The van der Waals surface area contributed by atoms with Gasteiger partial charge in [0.1, 0.15) is 0 Å². The Hall–Kier alpha value is -0.610. The molecule has 2 aliphatic rings. The minimum atomic E-state index is -0.404. The molecule has 3 atom stereocenters. The number of hydrogen-bond donors (Lipinski definition) is 2. The van der Waals surface area contributed by atoms with Crippen LogP contribution in [-0.2, 0) is 4.79 Å². The van der Waals surface area contributed by atoms with Crippen molar-refractivity contribution < 1.29 is 9.90 Å². The summed E-state index contributed by atoms with van der Waals surface area (Å²) in [5.41, 5.74) is 0. The first-order valence-electron chi connectivity index (χ1n) is 6.39. The number of likely N-dealkylation sites (tertiary alicyclic amines) is 1. The maximum atomic E-state index is 12.3. The number of carbonyl (C=O) groups excluding carboxylic acids is 1. The van der Waals surface area contributed by atoms with Crippen LogP contribution in [-0.4, -0.2) is 47.7 Å². The maximum absolute atomic E-state index is 12.3. The summed E-state index contributed by atoms with van der Waals surface area (Å²) in [6, 6.07) is 0.0434. The molecule has 0 aromatic rings. The van der Waals surface area contributed by atoms with Crippen LogP contribution in [0.15, 0.2) is 0 Å². The van der Waals surface area contributed by atoms with Gasteiger partial charge in [0.25, 0.3) is 0 Å². The van der Waals surface area contributed by atoms with E-state index in [0.717, 1.165) is 45.3 Å². The predicted molar refractivity (Wildman–Crippen MR) is 62.0 cm³/mol. The molecule has 16 heavy (non-hydrogen) atoms. The van der Waals surface area contributed by atoms with Gasteiger partial charge in [0.2, 0.25) is 5.91 Å². The molecule has 0 saturated carbocycles. The Labute approximate surface area is 97.0 Å². The van der Waals surface area contributed by atoms with E-state index in [1.165, 1.54) is 0 Å². The monoisotopic (exact) mass is 226 g/mol. The number of amides is 1. The van der Waals surface area contributed by atoms with Crippen LogP contribution >= 0.6 is 0 Å². The molecular formula is C12H22N2O2. The molecule has 92 valence electrons. The molecule has 0 bridgehead atoms. The first kappa shape index (κ1) is 11.9. The fourth-order valence-corrected chi connectivity index (χ4v) is 2.83. The van der Waals surface area contributed by atoms with Gasteiger partial charge >= 0.3 is 0 Å². The van der Waals surface area contributed by atoms with Crippen LogP contribution < -0.4 is 5.32 Å². The smallest absolute Gasteiger partial charge is 0.227 e. The Balaban J connectivity index is 2.01. The van der Waals surface area contributed by atoms with Crippen LogP contribution in [0.5, 0.6) is 0 Å². The van der Waals surface area contributed by atoms with E-state index < -0.39 is 6.10 Å². The lowest BCUT2D eigenvalue weighted by molar-refractivity contribution is -0.141. The summed E-state index contributed by atoms with van der Waals surface area (Å²) in [6.07, 6.45) is 3.70. The molecule has 2 saturated heterocycles. The third-order valence-electron chi connectivity index (χ3n) is 3.80. The first-order chi connectivity index (χ1) is 7.70. The van der Waals surface area contributed by atoms with E-state index in [0.29, 0.717) is 0 Å². The molecule has 0 radical (unpaired) electrons. The average Bonchev–Trinajstić information content (AvgIpc) is 2.81. The quantitative estimate of drug-likeness (QED) is 0.715. The number of rotatable bonds is 2. The minimum absolute atomic E-state index is 0.0434. The number of nitrogens with zero attached hydrogens (tertiary/aromatic N) is 1. The standard InChI is InChI=1S/C12H22N2O2/c1-9(15)11-4-2-3-7-14(11)12(16)10-5-6-13-8-10/h9-11,13,15H,2-8H2,1H3/t9-,10-,11+/m0/s1. The van der Waals surface area contributed by atoms with Gasteiger partial charge in [-0.05, 0) is 39.2 Å². The molecule has 2 heterocycles. The fourth-order valence-electron chi connectivity index (χ4n) is 2.83. The van der Waals surface area contributed by atoms with Crippen molar-refractivity contribution in [1.29, 1.82) is 0 Å². The SMILES string of the molecule is C[C@H](O)[C@H]1CCCCN1C(=O)[C@H]1CCNC1. The lowest BCUT2D eigenvalue weighted by atomic mass is 9.95. The molecule has 2 aliphatic heterocycles. The molecule has 0 aromatic carbocycles. The third kappa shape index (κ3) is 2.38. The van der Waals surface area contributed by atoms with Crippen LogP contribution in [0.25, 0.3) is 0 Å². The van der Waals surface area contributed by atoms with E-state index in [9.17, 15) is 9.90 Å².